The number of aliphatic imine (C=N–C) groups is 1. The number of guanidine groups is 1. The first-order valence-electron chi connectivity index (χ1n) is 9.57. The number of hydrogen-bond acceptors (Lipinski definition) is 4. The van der Waals surface area contributed by atoms with Gasteiger partial charge in [-0.2, -0.15) is 8.78 Å². The van der Waals surface area contributed by atoms with Gasteiger partial charge in [0.15, 0.2) is 5.96 Å². The Kier molecular flexibility index (Phi) is 12.1. The third-order valence-electron chi connectivity index (χ3n) is 4.95. The van der Waals surface area contributed by atoms with Gasteiger partial charge in [-0.15, -0.1) is 24.0 Å². The zero-order valence-corrected chi connectivity index (χ0v) is 20.2. The predicted molar refractivity (Wildman–Crippen MR) is 125 cm³/mol. The molecule has 1 unspecified atom stereocenters. The number of ether oxygens (including phenoxy) is 1. The van der Waals surface area contributed by atoms with E-state index in [1.807, 2.05) is 0 Å². The summed E-state index contributed by atoms with van der Waals surface area (Å²) in [5, 5.41) is 6.89. The van der Waals surface area contributed by atoms with Gasteiger partial charge in [0.1, 0.15) is 5.75 Å². The van der Waals surface area contributed by atoms with Crippen LogP contribution in [0.2, 0.25) is 5.02 Å². The molecular weight excluding hydrogens is 515 g/mol. The minimum absolute atomic E-state index is 0. The molecule has 1 atom stereocenters. The summed E-state index contributed by atoms with van der Waals surface area (Å²) in [7, 11) is 1.68. The summed E-state index contributed by atoms with van der Waals surface area (Å²) >= 11 is 5.99. The van der Waals surface area contributed by atoms with Crippen LogP contribution in [0.3, 0.4) is 0 Å². The summed E-state index contributed by atoms with van der Waals surface area (Å²) in [6, 6.07) is 4.94. The molecule has 2 rings (SSSR count). The fraction of sp³-hybridized carbons (Fsp3) is 0.632. The molecule has 1 fully saturated rings. The number of piperazine rings is 1. The first-order valence-corrected chi connectivity index (χ1v) is 9.94. The summed E-state index contributed by atoms with van der Waals surface area (Å²) < 4.78 is 29.7. The normalized spacial score (nSPS) is 17.0. The molecule has 0 spiro atoms. The Bertz CT molecular complexity index is 645. The van der Waals surface area contributed by atoms with Crippen molar-refractivity contribution in [1.29, 1.82) is 0 Å². The van der Waals surface area contributed by atoms with Crippen LogP contribution in [0.25, 0.3) is 0 Å². The molecule has 1 aromatic carbocycles. The summed E-state index contributed by atoms with van der Waals surface area (Å²) in [5.74, 6) is 0.700. The van der Waals surface area contributed by atoms with Crippen LogP contribution in [0.15, 0.2) is 23.2 Å². The van der Waals surface area contributed by atoms with Gasteiger partial charge in [0.2, 0.25) is 0 Å². The van der Waals surface area contributed by atoms with Gasteiger partial charge in [-0.05, 0) is 31.7 Å². The van der Waals surface area contributed by atoms with Crippen LogP contribution in [0.5, 0.6) is 5.75 Å². The molecule has 1 aromatic rings. The maximum atomic E-state index is 12.6. The molecule has 0 amide bonds. The Labute approximate surface area is 194 Å². The highest BCUT2D eigenvalue weighted by atomic mass is 127. The number of alkyl halides is 2. The maximum absolute atomic E-state index is 12.6. The van der Waals surface area contributed by atoms with Crippen LogP contribution in [-0.4, -0.2) is 74.7 Å². The Morgan fingerprint density at radius 1 is 1.24 bits per heavy atom. The van der Waals surface area contributed by atoms with E-state index in [0.717, 1.165) is 39.3 Å². The van der Waals surface area contributed by atoms with Crippen LogP contribution in [0, 0.1) is 0 Å². The fourth-order valence-electron chi connectivity index (χ4n) is 3.19. The number of hydrogen-bond donors (Lipinski definition) is 2. The van der Waals surface area contributed by atoms with Crippen LogP contribution in [0.4, 0.5) is 8.78 Å². The highest BCUT2D eigenvalue weighted by Crippen LogP contribution is 2.24. The Balaban J connectivity index is 0.00000420. The summed E-state index contributed by atoms with van der Waals surface area (Å²) in [6.45, 7) is 7.89. The first-order chi connectivity index (χ1) is 13.4. The lowest BCUT2D eigenvalue weighted by atomic mass is 10.2. The van der Waals surface area contributed by atoms with E-state index < -0.39 is 6.61 Å². The number of nitrogens with zero attached hydrogens (tertiary/aromatic N) is 3. The van der Waals surface area contributed by atoms with Crippen molar-refractivity contribution in [3.05, 3.63) is 28.8 Å². The van der Waals surface area contributed by atoms with Gasteiger partial charge in [0, 0.05) is 62.9 Å². The lowest BCUT2D eigenvalue weighted by molar-refractivity contribution is -0.0504. The fourth-order valence-corrected chi connectivity index (χ4v) is 3.39. The van der Waals surface area contributed by atoms with Crippen molar-refractivity contribution < 1.29 is 13.5 Å². The number of benzene rings is 1. The van der Waals surface area contributed by atoms with E-state index in [9.17, 15) is 8.78 Å². The average Bonchev–Trinajstić information content (AvgIpc) is 2.69. The van der Waals surface area contributed by atoms with E-state index in [1.54, 1.807) is 13.1 Å². The highest BCUT2D eigenvalue weighted by molar-refractivity contribution is 14.0. The zero-order valence-electron chi connectivity index (χ0n) is 17.1. The van der Waals surface area contributed by atoms with Gasteiger partial charge < -0.3 is 20.3 Å². The number of nitrogens with one attached hydrogen (secondary N) is 2. The Morgan fingerprint density at radius 3 is 2.52 bits per heavy atom. The van der Waals surface area contributed by atoms with E-state index >= 15 is 0 Å². The molecule has 166 valence electrons. The van der Waals surface area contributed by atoms with Crippen molar-refractivity contribution in [2.75, 3.05) is 46.3 Å². The number of likely N-dealkylation sites (N-methyl/N-ethyl adjacent to an activating group) is 1. The molecular formula is C19H31ClF2IN5O. The quantitative estimate of drug-likeness (QED) is 0.298. The van der Waals surface area contributed by atoms with E-state index in [-0.39, 0.29) is 36.3 Å². The maximum Gasteiger partial charge on any atom is 0.387 e. The van der Waals surface area contributed by atoms with Gasteiger partial charge in [0.25, 0.3) is 0 Å². The van der Waals surface area contributed by atoms with E-state index in [1.165, 1.54) is 12.1 Å². The SMILES string of the molecule is CCN1CCN(C(C)CNC(=NC)NCc2cc(Cl)ccc2OC(F)F)CC1.I. The van der Waals surface area contributed by atoms with Crippen LogP contribution in [-0.2, 0) is 6.54 Å². The van der Waals surface area contributed by atoms with E-state index in [0.29, 0.717) is 22.6 Å². The average molecular weight is 546 g/mol. The molecule has 0 aliphatic carbocycles. The highest BCUT2D eigenvalue weighted by Gasteiger charge is 2.20. The molecule has 1 saturated heterocycles. The summed E-state index contributed by atoms with van der Waals surface area (Å²) in [4.78, 5) is 9.11. The van der Waals surface area contributed by atoms with Crippen molar-refractivity contribution in [2.24, 2.45) is 4.99 Å². The first kappa shape index (κ1) is 26.1. The lowest BCUT2D eigenvalue weighted by Crippen LogP contribution is -2.53. The molecule has 1 aliphatic heterocycles. The third-order valence-corrected chi connectivity index (χ3v) is 5.19. The smallest absolute Gasteiger partial charge is 0.387 e. The molecule has 1 heterocycles. The van der Waals surface area contributed by atoms with Gasteiger partial charge in [-0.1, -0.05) is 18.5 Å². The molecule has 0 saturated carbocycles. The monoisotopic (exact) mass is 545 g/mol. The second-order valence-corrected chi connectivity index (χ2v) is 7.19. The second kappa shape index (κ2) is 13.4. The van der Waals surface area contributed by atoms with Gasteiger partial charge in [-0.25, -0.2) is 0 Å². The molecule has 0 radical (unpaired) electrons. The number of rotatable bonds is 8. The summed E-state index contributed by atoms with van der Waals surface area (Å²) in [6.07, 6.45) is 0. The molecule has 10 heteroatoms. The third kappa shape index (κ3) is 8.77. The second-order valence-electron chi connectivity index (χ2n) is 6.76. The Hall–Kier alpha value is -0.910. The molecule has 0 bridgehead atoms. The molecule has 2 N–H and O–H groups in total. The largest absolute Gasteiger partial charge is 0.434 e. The molecule has 1 aliphatic rings. The van der Waals surface area contributed by atoms with Gasteiger partial charge >= 0.3 is 6.61 Å². The van der Waals surface area contributed by atoms with Crippen molar-refractivity contribution in [3.8, 4) is 5.75 Å². The van der Waals surface area contributed by atoms with Crippen molar-refractivity contribution >= 4 is 41.5 Å². The van der Waals surface area contributed by atoms with Crippen molar-refractivity contribution in [1.82, 2.24) is 20.4 Å². The molecule has 0 aromatic heterocycles. The summed E-state index contributed by atoms with van der Waals surface area (Å²) in [5.41, 5.74) is 0.541. The van der Waals surface area contributed by atoms with Crippen LogP contribution in [0.1, 0.15) is 19.4 Å². The predicted octanol–water partition coefficient (Wildman–Crippen LogP) is 3.25. The molecule has 29 heavy (non-hydrogen) atoms. The standard InChI is InChI=1S/C19H30ClF2N5O.HI/c1-4-26-7-9-27(10-8-26)14(2)12-24-19(23-3)25-13-15-11-16(20)5-6-17(15)28-18(21)22;/h5-6,11,14,18H,4,7-10,12-13H2,1-3H3,(H2,23,24,25);1H. The van der Waals surface area contributed by atoms with Gasteiger partial charge in [0.05, 0.1) is 0 Å². The van der Waals surface area contributed by atoms with E-state index in [4.69, 9.17) is 11.6 Å². The van der Waals surface area contributed by atoms with Crippen LogP contribution >= 0.6 is 35.6 Å². The molecule has 6 nitrogen and oxygen atoms in total. The van der Waals surface area contributed by atoms with Crippen molar-refractivity contribution in [3.63, 3.8) is 0 Å². The van der Waals surface area contributed by atoms with Crippen LogP contribution < -0.4 is 15.4 Å². The lowest BCUT2D eigenvalue weighted by Gasteiger charge is -2.37. The minimum atomic E-state index is -2.88. The minimum Gasteiger partial charge on any atom is -0.434 e. The zero-order chi connectivity index (χ0) is 20.5. The van der Waals surface area contributed by atoms with Crippen molar-refractivity contribution in [2.45, 2.75) is 33.0 Å². The van der Waals surface area contributed by atoms with Gasteiger partial charge in [-0.3, -0.25) is 9.89 Å². The number of halogens is 4. The Morgan fingerprint density at radius 2 is 1.93 bits per heavy atom. The van der Waals surface area contributed by atoms with E-state index in [2.05, 4.69) is 44.0 Å². The topological polar surface area (TPSA) is 52.1 Å².